The number of rotatable bonds is 6. The second kappa shape index (κ2) is 8.88. The van der Waals surface area contributed by atoms with Crippen LogP contribution in [0.1, 0.15) is 5.56 Å². The van der Waals surface area contributed by atoms with Crippen molar-refractivity contribution in [2.75, 3.05) is 18.2 Å². The second-order valence-electron chi connectivity index (χ2n) is 4.78. The lowest BCUT2D eigenvalue weighted by molar-refractivity contribution is -0.142. The van der Waals surface area contributed by atoms with Crippen LogP contribution in [0.25, 0.3) is 6.08 Å². The van der Waals surface area contributed by atoms with Gasteiger partial charge in [-0.15, -0.1) is 11.8 Å². The van der Waals surface area contributed by atoms with Crippen LogP contribution in [-0.4, -0.2) is 24.7 Å². The Labute approximate surface area is 143 Å². The lowest BCUT2D eigenvalue weighted by Gasteiger charge is -2.06. The molecule has 0 aliphatic carbocycles. The maximum Gasteiger partial charge on any atom is 0.331 e. The Morgan fingerprint density at radius 1 is 1.21 bits per heavy atom. The average Bonchev–Trinajstić information content (AvgIpc) is 2.58. The third-order valence-corrected chi connectivity index (χ3v) is 3.68. The average molecular weight is 345 g/mol. The second-order valence-corrected chi connectivity index (χ2v) is 5.66. The maximum absolute atomic E-state index is 13.0. The number of carbonyl (C=O) groups is 2. The Morgan fingerprint density at radius 3 is 2.75 bits per heavy atom. The van der Waals surface area contributed by atoms with E-state index in [1.807, 2.05) is 24.5 Å². The molecule has 0 spiro atoms. The monoisotopic (exact) mass is 345 g/mol. The van der Waals surface area contributed by atoms with Crippen molar-refractivity contribution in [1.29, 1.82) is 0 Å². The summed E-state index contributed by atoms with van der Waals surface area (Å²) < 4.78 is 17.8. The zero-order chi connectivity index (χ0) is 17.4. The minimum Gasteiger partial charge on any atom is -0.452 e. The van der Waals surface area contributed by atoms with Crippen molar-refractivity contribution < 1.29 is 18.7 Å². The number of carbonyl (C=O) groups excluding carboxylic acids is 2. The highest BCUT2D eigenvalue weighted by molar-refractivity contribution is 7.98. The zero-order valence-electron chi connectivity index (χ0n) is 13.0. The van der Waals surface area contributed by atoms with E-state index in [0.29, 0.717) is 11.3 Å². The largest absolute Gasteiger partial charge is 0.452 e. The molecule has 24 heavy (non-hydrogen) atoms. The van der Waals surface area contributed by atoms with Crippen LogP contribution in [-0.2, 0) is 14.3 Å². The first-order valence-electron chi connectivity index (χ1n) is 7.11. The van der Waals surface area contributed by atoms with Gasteiger partial charge in [-0.25, -0.2) is 9.18 Å². The number of amides is 1. The van der Waals surface area contributed by atoms with Crippen LogP contribution in [0.3, 0.4) is 0 Å². The molecule has 2 aromatic rings. The molecule has 0 atom stereocenters. The van der Waals surface area contributed by atoms with Crippen LogP contribution in [0, 0.1) is 5.82 Å². The highest BCUT2D eigenvalue weighted by Gasteiger charge is 2.06. The summed E-state index contributed by atoms with van der Waals surface area (Å²) in [4.78, 5) is 24.4. The molecule has 0 aromatic heterocycles. The van der Waals surface area contributed by atoms with E-state index >= 15 is 0 Å². The van der Waals surface area contributed by atoms with Gasteiger partial charge in [0, 0.05) is 16.7 Å². The summed E-state index contributed by atoms with van der Waals surface area (Å²) in [6.07, 6.45) is 4.51. The number of esters is 1. The standard InChI is InChI=1S/C18H16FNO3S/c1-24-16-7-3-6-15(11-16)20-17(21)12-23-18(22)9-8-13-4-2-5-14(19)10-13/h2-11H,12H2,1H3,(H,20,21)/b9-8+. The number of ether oxygens (including phenoxy) is 1. The highest BCUT2D eigenvalue weighted by Crippen LogP contribution is 2.18. The number of benzene rings is 2. The van der Waals surface area contributed by atoms with Crippen LogP contribution >= 0.6 is 11.8 Å². The molecule has 0 fully saturated rings. The minimum atomic E-state index is -0.674. The van der Waals surface area contributed by atoms with Crippen molar-refractivity contribution in [3.05, 3.63) is 66.0 Å². The van der Waals surface area contributed by atoms with Gasteiger partial charge in [0.25, 0.3) is 5.91 Å². The van der Waals surface area contributed by atoms with E-state index < -0.39 is 24.3 Å². The van der Waals surface area contributed by atoms with Crippen LogP contribution < -0.4 is 5.32 Å². The minimum absolute atomic E-state index is 0.391. The molecule has 2 rings (SSSR count). The van der Waals surface area contributed by atoms with Gasteiger partial charge in [0.2, 0.25) is 0 Å². The first kappa shape index (κ1) is 17.7. The van der Waals surface area contributed by atoms with Crippen molar-refractivity contribution in [2.45, 2.75) is 4.90 Å². The number of hydrogen-bond acceptors (Lipinski definition) is 4. The molecule has 4 nitrogen and oxygen atoms in total. The Kier molecular flexibility index (Phi) is 6.57. The highest BCUT2D eigenvalue weighted by atomic mass is 32.2. The Morgan fingerprint density at radius 2 is 2.00 bits per heavy atom. The Bertz CT molecular complexity index is 761. The molecular formula is C18H16FNO3S. The third kappa shape index (κ3) is 5.89. The summed E-state index contributed by atoms with van der Waals surface area (Å²) in [7, 11) is 0. The van der Waals surface area contributed by atoms with Crippen molar-refractivity contribution in [3.8, 4) is 0 Å². The van der Waals surface area contributed by atoms with E-state index in [1.165, 1.54) is 24.3 Å². The summed E-state index contributed by atoms with van der Waals surface area (Å²) in [5.74, 6) is -1.49. The molecule has 0 aliphatic rings. The molecule has 0 radical (unpaired) electrons. The normalized spacial score (nSPS) is 10.6. The number of thioether (sulfide) groups is 1. The van der Waals surface area contributed by atoms with Crippen molar-refractivity contribution in [1.82, 2.24) is 0 Å². The lowest BCUT2D eigenvalue weighted by atomic mass is 10.2. The van der Waals surface area contributed by atoms with Gasteiger partial charge >= 0.3 is 5.97 Å². The molecule has 0 unspecified atom stereocenters. The van der Waals surface area contributed by atoms with Crippen molar-refractivity contribution in [2.24, 2.45) is 0 Å². The van der Waals surface area contributed by atoms with Crippen LogP contribution in [0.2, 0.25) is 0 Å². The molecule has 1 amide bonds. The van der Waals surface area contributed by atoms with Gasteiger partial charge < -0.3 is 10.1 Å². The van der Waals surface area contributed by atoms with Crippen LogP contribution in [0.15, 0.2) is 59.5 Å². The number of halogens is 1. The fourth-order valence-electron chi connectivity index (χ4n) is 1.86. The first-order valence-corrected chi connectivity index (χ1v) is 8.33. The van der Waals surface area contributed by atoms with Gasteiger partial charge in [-0.3, -0.25) is 4.79 Å². The van der Waals surface area contributed by atoms with E-state index in [0.717, 1.165) is 11.0 Å². The summed E-state index contributed by atoms with van der Waals surface area (Å²) in [6.45, 7) is -0.393. The van der Waals surface area contributed by atoms with Gasteiger partial charge in [-0.05, 0) is 48.2 Å². The predicted molar refractivity (Wildman–Crippen MR) is 93.2 cm³/mol. The zero-order valence-corrected chi connectivity index (χ0v) is 13.8. The predicted octanol–water partition coefficient (Wildman–Crippen LogP) is 3.74. The first-order chi connectivity index (χ1) is 11.6. The summed E-state index contributed by atoms with van der Waals surface area (Å²) >= 11 is 1.56. The number of hydrogen-bond donors (Lipinski definition) is 1. The topological polar surface area (TPSA) is 55.4 Å². The fraction of sp³-hybridized carbons (Fsp3) is 0.111. The maximum atomic E-state index is 13.0. The van der Waals surface area contributed by atoms with Crippen molar-refractivity contribution in [3.63, 3.8) is 0 Å². The molecule has 0 saturated carbocycles. The fourth-order valence-corrected chi connectivity index (χ4v) is 2.32. The summed E-state index contributed by atoms with van der Waals surface area (Å²) in [6, 6.07) is 13.1. The Hall–Kier alpha value is -2.60. The molecule has 124 valence electrons. The van der Waals surface area contributed by atoms with Crippen LogP contribution in [0.5, 0.6) is 0 Å². The van der Waals surface area contributed by atoms with Gasteiger partial charge in [-0.1, -0.05) is 18.2 Å². The smallest absolute Gasteiger partial charge is 0.331 e. The van der Waals surface area contributed by atoms with Gasteiger partial charge in [0.05, 0.1) is 0 Å². The van der Waals surface area contributed by atoms with Crippen molar-refractivity contribution >= 4 is 35.4 Å². The molecule has 6 heteroatoms. The van der Waals surface area contributed by atoms with E-state index in [4.69, 9.17) is 4.74 Å². The van der Waals surface area contributed by atoms with E-state index in [1.54, 1.807) is 23.9 Å². The quantitative estimate of drug-likeness (QED) is 0.492. The van der Waals surface area contributed by atoms with E-state index in [-0.39, 0.29) is 0 Å². The molecule has 0 saturated heterocycles. The van der Waals surface area contributed by atoms with Crippen LogP contribution in [0.4, 0.5) is 10.1 Å². The van der Waals surface area contributed by atoms with Gasteiger partial charge in [-0.2, -0.15) is 0 Å². The lowest BCUT2D eigenvalue weighted by Crippen LogP contribution is -2.20. The van der Waals surface area contributed by atoms with Gasteiger partial charge in [0.15, 0.2) is 6.61 Å². The summed E-state index contributed by atoms with van der Waals surface area (Å²) in [5.41, 5.74) is 1.17. The molecule has 0 bridgehead atoms. The van der Waals surface area contributed by atoms with E-state index in [9.17, 15) is 14.0 Å². The molecule has 2 aromatic carbocycles. The molecule has 0 aliphatic heterocycles. The SMILES string of the molecule is CSc1cccc(NC(=O)COC(=O)/C=C/c2cccc(F)c2)c1. The molecular weight excluding hydrogens is 329 g/mol. The number of nitrogens with one attached hydrogen (secondary N) is 1. The summed E-state index contributed by atoms with van der Waals surface area (Å²) in [5, 5.41) is 2.65. The third-order valence-electron chi connectivity index (χ3n) is 2.96. The molecule has 1 N–H and O–H groups in total. The van der Waals surface area contributed by atoms with E-state index in [2.05, 4.69) is 5.32 Å². The molecule has 0 heterocycles. The van der Waals surface area contributed by atoms with Gasteiger partial charge in [0.1, 0.15) is 5.82 Å². The number of anilines is 1. The Balaban J connectivity index is 1.81.